The summed E-state index contributed by atoms with van der Waals surface area (Å²) < 4.78 is 5.30. The number of anilines is 2. The Kier molecular flexibility index (Phi) is 5.46. The van der Waals surface area contributed by atoms with E-state index in [1.165, 1.54) is 6.42 Å². The highest BCUT2D eigenvalue weighted by atomic mass is 16.5. The smallest absolute Gasteiger partial charge is 0.262 e. The van der Waals surface area contributed by atoms with Crippen LogP contribution in [0.1, 0.15) is 52.8 Å². The summed E-state index contributed by atoms with van der Waals surface area (Å²) in [4.78, 5) is 36.3. The Morgan fingerprint density at radius 2 is 1.66 bits per heavy atom. The van der Waals surface area contributed by atoms with Crippen LogP contribution in [0.2, 0.25) is 0 Å². The number of amides is 3. The van der Waals surface area contributed by atoms with Crippen molar-refractivity contribution in [3.63, 3.8) is 0 Å². The lowest BCUT2D eigenvalue weighted by molar-refractivity contribution is -0.118. The van der Waals surface area contributed by atoms with Crippen LogP contribution in [0.15, 0.2) is 42.5 Å². The lowest BCUT2D eigenvalue weighted by Gasteiger charge is -2.22. The summed E-state index contributed by atoms with van der Waals surface area (Å²) in [5.41, 5.74) is 2.03. The predicted octanol–water partition coefficient (Wildman–Crippen LogP) is 3.33. The molecule has 2 aliphatic rings. The predicted molar refractivity (Wildman–Crippen MR) is 109 cm³/mol. The van der Waals surface area contributed by atoms with Gasteiger partial charge in [-0.25, -0.2) is 0 Å². The molecule has 1 fully saturated rings. The molecule has 4 rings (SSSR count). The van der Waals surface area contributed by atoms with Gasteiger partial charge in [0.1, 0.15) is 5.75 Å². The molecular weight excluding hydrogens is 370 g/mol. The van der Waals surface area contributed by atoms with Gasteiger partial charge in [0.25, 0.3) is 17.7 Å². The molecule has 1 aliphatic carbocycles. The fourth-order valence-corrected chi connectivity index (χ4v) is 3.65. The first-order chi connectivity index (χ1) is 14.1. The normalized spacial score (nSPS) is 16.2. The van der Waals surface area contributed by atoms with Gasteiger partial charge in [-0.1, -0.05) is 19.3 Å². The van der Waals surface area contributed by atoms with Crippen molar-refractivity contribution in [1.29, 1.82) is 0 Å². The highest BCUT2D eigenvalue weighted by Gasteiger charge is 2.19. The third-order valence-corrected chi connectivity index (χ3v) is 5.22. The van der Waals surface area contributed by atoms with Gasteiger partial charge >= 0.3 is 0 Å². The van der Waals surface area contributed by atoms with E-state index in [9.17, 15) is 14.4 Å². The molecule has 150 valence electrons. The number of benzene rings is 2. The molecule has 29 heavy (non-hydrogen) atoms. The minimum absolute atomic E-state index is 0.0286. The molecule has 2 aromatic carbocycles. The molecule has 7 heteroatoms. The molecule has 2 aromatic rings. The Morgan fingerprint density at radius 1 is 0.931 bits per heavy atom. The molecule has 7 nitrogen and oxygen atoms in total. The first-order valence-corrected chi connectivity index (χ1v) is 9.87. The standard InChI is InChI=1S/C22H23N3O4/c26-20-13-29-19-11-8-15(12-18(19)25-20)22(28)24-17-9-6-14(7-10-17)21(27)23-16-4-2-1-3-5-16/h6-12,16H,1-5,13H2,(H,23,27)(H,24,28)(H,25,26). The molecule has 0 aromatic heterocycles. The highest BCUT2D eigenvalue weighted by molar-refractivity contribution is 6.06. The lowest BCUT2D eigenvalue weighted by atomic mass is 9.95. The second kappa shape index (κ2) is 8.34. The van der Waals surface area contributed by atoms with Crippen molar-refractivity contribution >= 4 is 29.1 Å². The molecule has 3 N–H and O–H groups in total. The van der Waals surface area contributed by atoms with Gasteiger partial charge in [-0.05, 0) is 55.3 Å². The SMILES string of the molecule is O=C1COc2ccc(C(=O)Nc3ccc(C(=O)NC4CCCCC4)cc3)cc2N1. The zero-order chi connectivity index (χ0) is 20.2. The van der Waals surface area contributed by atoms with E-state index < -0.39 is 0 Å². The Labute approximate surface area is 168 Å². The van der Waals surface area contributed by atoms with Crippen LogP contribution < -0.4 is 20.7 Å². The van der Waals surface area contributed by atoms with Crippen LogP contribution in [0.4, 0.5) is 11.4 Å². The number of hydrogen-bond acceptors (Lipinski definition) is 4. The summed E-state index contributed by atoms with van der Waals surface area (Å²) in [5.74, 6) is -0.112. The molecule has 1 saturated carbocycles. The Morgan fingerprint density at radius 3 is 2.41 bits per heavy atom. The molecule has 0 spiro atoms. The van der Waals surface area contributed by atoms with Gasteiger partial charge in [-0.15, -0.1) is 0 Å². The molecule has 0 bridgehead atoms. The Hall–Kier alpha value is -3.35. The van der Waals surface area contributed by atoms with Crippen LogP contribution in [0.3, 0.4) is 0 Å². The van der Waals surface area contributed by atoms with Crippen LogP contribution in [0, 0.1) is 0 Å². The fourth-order valence-electron chi connectivity index (χ4n) is 3.65. The number of rotatable bonds is 4. The van der Waals surface area contributed by atoms with Crippen LogP contribution in [0.5, 0.6) is 5.75 Å². The summed E-state index contributed by atoms with van der Waals surface area (Å²) in [6.07, 6.45) is 5.63. The Bertz CT molecular complexity index is 934. The third-order valence-electron chi connectivity index (χ3n) is 5.22. The van der Waals surface area contributed by atoms with Gasteiger partial charge in [0.15, 0.2) is 6.61 Å². The minimum Gasteiger partial charge on any atom is -0.482 e. The van der Waals surface area contributed by atoms with Crippen LogP contribution >= 0.6 is 0 Å². The van der Waals surface area contributed by atoms with Crippen LogP contribution in [-0.2, 0) is 4.79 Å². The number of hydrogen-bond donors (Lipinski definition) is 3. The largest absolute Gasteiger partial charge is 0.482 e. The van der Waals surface area contributed by atoms with Crippen molar-refractivity contribution in [3.8, 4) is 5.75 Å². The van der Waals surface area contributed by atoms with Gasteiger partial charge in [0, 0.05) is 22.9 Å². The van der Waals surface area contributed by atoms with Crippen molar-refractivity contribution < 1.29 is 19.1 Å². The number of carbonyl (C=O) groups is 3. The van der Waals surface area contributed by atoms with Gasteiger partial charge < -0.3 is 20.7 Å². The second-order valence-corrected chi connectivity index (χ2v) is 7.39. The van der Waals surface area contributed by atoms with E-state index in [4.69, 9.17) is 4.74 Å². The zero-order valence-corrected chi connectivity index (χ0v) is 16.0. The summed E-state index contributed by atoms with van der Waals surface area (Å²) in [6, 6.07) is 11.9. The van der Waals surface area contributed by atoms with Crippen molar-refractivity contribution in [2.45, 2.75) is 38.1 Å². The first-order valence-electron chi connectivity index (χ1n) is 9.87. The van der Waals surface area contributed by atoms with Gasteiger partial charge in [-0.3, -0.25) is 14.4 Å². The maximum absolute atomic E-state index is 12.5. The summed E-state index contributed by atoms with van der Waals surface area (Å²) in [7, 11) is 0. The minimum atomic E-state index is -0.313. The summed E-state index contributed by atoms with van der Waals surface area (Å²) in [5, 5.41) is 8.56. The van der Waals surface area contributed by atoms with Crippen molar-refractivity contribution in [3.05, 3.63) is 53.6 Å². The summed E-state index contributed by atoms with van der Waals surface area (Å²) in [6.45, 7) is -0.0286. The zero-order valence-electron chi connectivity index (χ0n) is 16.0. The van der Waals surface area contributed by atoms with Gasteiger partial charge in [0.05, 0.1) is 5.69 Å². The van der Waals surface area contributed by atoms with E-state index in [1.807, 2.05) is 0 Å². The number of carbonyl (C=O) groups excluding carboxylic acids is 3. The lowest BCUT2D eigenvalue weighted by Crippen LogP contribution is -2.36. The molecule has 0 unspecified atom stereocenters. The number of fused-ring (bicyclic) bond motifs is 1. The van der Waals surface area contributed by atoms with Crippen molar-refractivity contribution in [2.24, 2.45) is 0 Å². The maximum atomic E-state index is 12.5. The van der Waals surface area contributed by atoms with E-state index in [0.717, 1.165) is 25.7 Å². The molecule has 1 aliphatic heterocycles. The molecule has 0 atom stereocenters. The molecule has 0 radical (unpaired) electrons. The molecule has 3 amide bonds. The molecular formula is C22H23N3O4. The first kappa shape index (κ1) is 19.0. The monoisotopic (exact) mass is 393 g/mol. The fraction of sp³-hybridized carbons (Fsp3) is 0.318. The van der Waals surface area contributed by atoms with Gasteiger partial charge in [-0.2, -0.15) is 0 Å². The highest BCUT2D eigenvalue weighted by Crippen LogP contribution is 2.28. The van der Waals surface area contributed by atoms with E-state index in [-0.39, 0.29) is 30.4 Å². The third kappa shape index (κ3) is 4.56. The van der Waals surface area contributed by atoms with E-state index >= 15 is 0 Å². The van der Waals surface area contributed by atoms with Crippen LogP contribution in [0.25, 0.3) is 0 Å². The average molecular weight is 393 g/mol. The number of ether oxygens (including phenoxy) is 1. The molecule has 1 heterocycles. The van der Waals surface area contributed by atoms with E-state index in [1.54, 1.807) is 42.5 Å². The van der Waals surface area contributed by atoms with E-state index in [0.29, 0.717) is 28.3 Å². The Balaban J connectivity index is 1.38. The second-order valence-electron chi connectivity index (χ2n) is 7.39. The number of nitrogens with one attached hydrogen (secondary N) is 3. The van der Waals surface area contributed by atoms with Crippen LogP contribution in [-0.4, -0.2) is 30.4 Å². The quantitative estimate of drug-likeness (QED) is 0.742. The topological polar surface area (TPSA) is 96.5 Å². The summed E-state index contributed by atoms with van der Waals surface area (Å²) >= 11 is 0. The maximum Gasteiger partial charge on any atom is 0.262 e. The van der Waals surface area contributed by atoms with Gasteiger partial charge in [0.2, 0.25) is 0 Å². The average Bonchev–Trinajstić information content (AvgIpc) is 2.74. The molecule has 0 saturated heterocycles. The van der Waals surface area contributed by atoms with Crippen molar-refractivity contribution in [2.75, 3.05) is 17.2 Å². The van der Waals surface area contributed by atoms with Crippen molar-refractivity contribution in [1.82, 2.24) is 5.32 Å². The van der Waals surface area contributed by atoms with E-state index in [2.05, 4.69) is 16.0 Å².